The van der Waals surface area contributed by atoms with E-state index < -0.39 is 11.7 Å². The SMILES string of the molecule is FC(F)(F)c1ccc2c(c1)CN(CC1(CN[C@H]3C[C@@H]3c3ccccc3)CC1)C2. The van der Waals surface area contributed by atoms with Crippen molar-refractivity contribution in [1.29, 1.82) is 0 Å². The molecule has 2 saturated carbocycles. The van der Waals surface area contributed by atoms with Gasteiger partial charge in [0.15, 0.2) is 0 Å². The number of fused-ring (bicyclic) bond motifs is 1. The van der Waals surface area contributed by atoms with Crippen LogP contribution in [0.5, 0.6) is 0 Å². The molecule has 1 N–H and O–H groups in total. The number of nitrogens with zero attached hydrogens (tertiary/aromatic N) is 1. The lowest BCUT2D eigenvalue weighted by Crippen LogP contribution is -2.34. The van der Waals surface area contributed by atoms with E-state index in [9.17, 15) is 13.2 Å². The second-order valence-corrected chi connectivity index (χ2v) is 8.87. The quantitative estimate of drug-likeness (QED) is 0.756. The van der Waals surface area contributed by atoms with Gasteiger partial charge < -0.3 is 5.32 Å². The lowest BCUT2D eigenvalue weighted by atomic mass is 10.1. The molecular weight excluding hydrogens is 361 g/mol. The highest BCUT2D eigenvalue weighted by molar-refractivity contribution is 5.36. The van der Waals surface area contributed by atoms with Crippen molar-refractivity contribution in [1.82, 2.24) is 10.2 Å². The molecule has 0 aromatic heterocycles. The number of benzene rings is 2. The van der Waals surface area contributed by atoms with Gasteiger partial charge in [-0.15, -0.1) is 0 Å². The number of hydrogen-bond donors (Lipinski definition) is 1. The molecule has 1 heterocycles. The van der Waals surface area contributed by atoms with Crippen LogP contribution in [0.2, 0.25) is 0 Å². The molecule has 148 valence electrons. The zero-order chi connectivity index (χ0) is 19.4. The van der Waals surface area contributed by atoms with Crippen LogP contribution in [0.3, 0.4) is 0 Å². The Morgan fingerprint density at radius 2 is 1.75 bits per heavy atom. The monoisotopic (exact) mass is 386 g/mol. The molecule has 2 aliphatic carbocycles. The molecule has 2 fully saturated rings. The highest BCUT2D eigenvalue weighted by Gasteiger charge is 2.47. The van der Waals surface area contributed by atoms with E-state index in [4.69, 9.17) is 0 Å². The van der Waals surface area contributed by atoms with Gasteiger partial charge in [-0.3, -0.25) is 4.90 Å². The van der Waals surface area contributed by atoms with Crippen molar-refractivity contribution in [3.8, 4) is 0 Å². The summed E-state index contributed by atoms with van der Waals surface area (Å²) in [5.41, 5.74) is 3.07. The summed E-state index contributed by atoms with van der Waals surface area (Å²) >= 11 is 0. The molecule has 2 aromatic rings. The lowest BCUT2D eigenvalue weighted by molar-refractivity contribution is -0.137. The number of nitrogens with one attached hydrogen (secondary N) is 1. The van der Waals surface area contributed by atoms with Crippen molar-refractivity contribution >= 4 is 0 Å². The van der Waals surface area contributed by atoms with Crippen molar-refractivity contribution in [2.45, 2.75) is 50.5 Å². The van der Waals surface area contributed by atoms with E-state index in [1.54, 1.807) is 6.07 Å². The van der Waals surface area contributed by atoms with Crippen LogP contribution in [0, 0.1) is 5.41 Å². The Kier molecular flexibility index (Phi) is 4.29. The van der Waals surface area contributed by atoms with E-state index in [0.29, 0.717) is 23.9 Å². The number of halogens is 3. The maximum Gasteiger partial charge on any atom is 0.416 e. The number of alkyl halides is 3. The third-order valence-corrected chi connectivity index (χ3v) is 6.60. The average Bonchev–Trinajstić information content (AvgIpc) is 3.56. The van der Waals surface area contributed by atoms with E-state index in [-0.39, 0.29) is 0 Å². The molecule has 0 amide bonds. The van der Waals surface area contributed by atoms with Crippen LogP contribution < -0.4 is 5.32 Å². The van der Waals surface area contributed by atoms with Gasteiger partial charge in [0.2, 0.25) is 0 Å². The molecule has 2 atom stereocenters. The van der Waals surface area contributed by atoms with Gasteiger partial charge in [0, 0.05) is 38.1 Å². The van der Waals surface area contributed by atoms with E-state index in [1.165, 1.54) is 37.0 Å². The van der Waals surface area contributed by atoms with Crippen LogP contribution in [0.4, 0.5) is 13.2 Å². The Hall–Kier alpha value is -1.85. The first kappa shape index (κ1) is 18.2. The largest absolute Gasteiger partial charge is 0.416 e. The van der Waals surface area contributed by atoms with Crippen molar-refractivity contribution in [3.05, 3.63) is 70.8 Å². The van der Waals surface area contributed by atoms with Gasteiger partial charge in [-0.2, -0.15) is 13.2 Å². The van der Waals surface area contributed by atoms with Crippen molar-refractivity contribution in [2.75, 3.05) is 13.1 Å². The first-order valence-corrected chi connectivity index (χ1v) is 10.1. The van der Waals surface area contributed by atoms with Crippen LogP contribution in [-0.2, 0) is 19.3 Å². The summed E-state index contributed by atoms with van der Waals surface area (Å²) in [6, 6.07) is 15.4. The van der Waals surface area contributed by atoms with Gasteiger partial charge in [0.1, 0.15) is 0 Å². The third-order valence-electron chi connectivity index (χ3n) is 6.60. The van der Waals surface area contributed by atoms with Crippen LogP contribution >= 0.6 is 0 Å². The van der Waals surface area contributed by atoms with E-state index in [0.717, 1.165) is 30.8 Å². The molecule has 3 aliphatic rings. The summed E-state index contributed by atoms with van der Waals surface area (Å²) in [5.74, 6) is 0.633. The molecule has 0 unspecified atom stereocenters. The molecular formula is C23H25F3N2. The van der Waals surface area contributed by atoms with Crippen molar-refractivity contribution in [3.63, 3.8) is 0 Å². The first-order chi connectivity index (χ1) is 13.4. The van der Waals surface area contributed by atoms with Crippen molar-refractivity contribution < 1.29 is 13.2 Å². The minimum atomic E-state index is -4.26. The standard InChI is InChI=1S/C23H25F3N2/c24-23(25,26)19-7-6-17-12-28(13-18(17)10-19)15-22(8-9-22)14-27-21-11-20(21)16-4-2-1-3-5-16/h1-7,10,20-21,27H,8-9,11-15H2/t20-,21+/m1/s1. The maximum atomic E-state index is 12.9. The Morgan fingerprint density at radius 1 is 1.00 bits per heavy atom. The first-order valence-electron chi connectivity index (χ1n) is 10.1. The topological polar surface area (TPSA) is 15.3 Å². The van der Waals surface area contributed by atoms with E-state index in [2.05, 4.69) is 40.5 Å². The molecule has 28 heavy (non-hydrogen) atoms. The van der Waals surface area contributed by atoms with Crippen LogP contribution in [0.15, 0.2) is 48.5 Å². The zero-order valence-corrected chi connectivity index (χ0v) is 15.8. The molecule has 5 rings (SSSR count). The summed E-state index contributed by atoms with van der Waals surface area (Å²) in [5, 5.41) is 3.76. The molecule has 0 bridgehead atoms. The molecule has 0 radical (unpaired) electrons. The Bertz CT molecular complexity index is 858. The summed E-state index contributed by atoms with van der Waals surface area (Å²) in [4.78, 5) is 2.32. The number of hydrogen-bond acceptors (Lipinski definition) is 2. The fraction of sp³-hybridized carbons (Fsp3) is 0.478. The van der Waals surface area contributed by atoms with Gasteiger partial charge in [-0.1, -0.05) is 36.4 Å². The fourth-order valence-corrected chi connectivity index (χ4v) is 4.63. The van der Waals surface area contributed by atoms with Crippen LogP contribution in [0.25, 0.3) is 0 Å². The minimum Gasteiger partial charge on any atom is -0.313 e. The van der Waals surface area contributed by atoms with Gasteiger partial charge in [0.05, 0.1) is 5.56 Å². The summed E-state index contributed by atoms with van der Waals surface area (Å²) < 4.78 is 38.8. The normalized spacial score (nSPS) is 25.5. The summed E-state index contributed by atoms with van der Waals surface area (Å²) in [7, 11) is 0. The third kappa shape index (κ3) is 3.70. The molecule has 0 spiro atoms. The van der Waals surface area contributed by atoms with Gasteiger partial charge in [-0.25, -0.2) is 0 Å². The summed E-state index contributed by atoms with van der Waals surface area (Å²) in [6.45, 7) is 3.39. The second kappa shape index (κ2) is 6.60. The maximum absolute atomic E-state index is 12.9. The Balaban J connectivity index is 1.15. The van der Waals surface area contributed by atoms with Crippen LogP contribution in [0.1, 0.15) is 47.4 Å². The van der Waals surface area contributed by atoms with Crippen molar-refractivity contribution in [2.24, 2.45) is 5.41 Å². The van der Waals surface area contributed by atoms with Gasteiger partial charge in [-0.05, 0) is 53.5 Å². The molecule has 5 heteroatoms. The van der Waals surface area contributed by atoms with E-state index >= 15 is 0 Å². The summed E-state index contributed by atoms with van der Waals surface area (Å²) in [6.07, 6.45) is -0.633. The number of rotatable bonds is 6. The Labute approximate surface area is 163 Å². The smallest absolute Gasteiger partial charge is 0.313 e. The van der Waals surface area contributed by atoms with Crippen LogP contribution in [-0.4, -0.2) is 24.0 Å². The molecule has 2 nitrogen and oxygen atoms in total. The predicted octanol–water partition coefficient (Wildman–Crippen LogP) is 4.95. The molecule has 2 aromatic carbocycles. The predicted molar refractivity (Wildman–Crippen MR) is 103 cm³/mol. The fourth-order valence-electron chi connectivity index (χ4n) is 4.63. The molecule has 0 saturated heterocycles. The highest BCUT2D eigenvalue weighted by atomic mass is 19.4. The van der Waals surface area contributed by atoms with Gasteiger partial charge in [0.25, 0.3) is 0 Å². The molecule has 1 aliphatic heterocycles. The lowest BCUT2D eigenvalue weighted by Gasteiger charge is -2.23. The van der Waals surface area contributed by atoms with E-state index in [1.807, 2.05) is 0 Å². The van der Waals surface area contributed by atoms with Gasteiger partial charge >= 0.3 is 6.18 Å². The minimum absolute atomic E-state index is 0.304. The zero-order valence-electron chi connectivity index (χ0n) is 15.8. The average molecular weight is 386 g/mol. The highest BCUT2D eigenvalue weighted by Crippen LogP contribution is 2.48. The Morgan fingerprint density at radius 3 is 2.46 bits per heavy atom. The second-order valence-electron chi connectivity index (χ2n) is 8.87.